The average Bonchev–Trinajstić information content (AvgIpc) is 3.09. The molecule has 1 aromatic carbocycles. The van der Waals surface area contributed by atoms with E-state index in [1.165, 1.54) is 19.3 Å². The van der Waals surface area contributed by atoms with Gasteiger partial charge in [-0.25, -0.2) is 4.68 Å². The highest BCUT2D eigenvalue weighted by molar-refractivity contribution is 5.91. The van der Waals surface area contributed by atoms with E-state index in [0.29, 0.717) is 17.5 Å². The Morgan fingerprint density at radius 1 is 1.24 bits per heavy atom. The van der Waals surface area contributed by atoms with Crippen molar-refractivity contribution in [2.75, 3.05) is 19.0 Å². The van der Waals surface area contributed by atoms with Crippen molar-refractivity contribution in [2.24, 2.45) is 0 Å². The number of aromatic nitrogens is 2. The summed E-state index contributed by atoms with van der Waals surface area (Å²) in [6, 6.07) is 7.82. The van der Waals surface area contributed by atoms with Crippen LogP contribution in [0.2, 0.25) is 0 Å². The summed E-state index contributed by atoms with van der Waals surface area (Å²) in [5, 5.41) is 7.29. The van der Waals surface area contributed by atoms with Gasteiger partial charge in [-0.2, -0.15) is 5.10 Å². The van der Waals surface area contributed by atoms with Crippen LogP contribution in [0.5, 0.6) is 11.5 Å². The van der Waals surface area contributed by atoms with Gasteiger partial charge in [0.05, 0.1) is 19.3 Å². The van der Waals surface area contributed by atoms with Crippen LogP contribution in [0, 0.1) is 6.92 Å². The third-order valence-electron chi connectivity index (χ3n) is 4.54. The normalized spacial score (nSPS) is 15.0. The lowest BCUT2D eigenvalue weighted by molar-refractivity contribution is -0.118. The number of nitrogens with one attached hydrogen (secondary N) is 1. The smallest absolute Gasteiger partial charge is 0.263 e. The summed E-state index contributed by atoms with van der Waals surface area (Å²) in [5.41, 5.74) is 1.07. The molecule has 134 valence electrons. The number of rotatable bonds is 6. The van der Waals surface area contributed by atoms with Crippen LogP contribution in [0.25, 0.3) is 0 Å². The van der Waals surface area contributed by atoms with Crippen molar-refractivity contribution in [3.8, 4) is 11.5 Å². The lowest BCUT2D eigenvalue weighted by atomic mass is 9.96. The van der Waals surface area contributed by atoms with E-state index in [-0.39, 0.29) is 12.5 Å². The molecule has 3 rings (SSSR count). The van der Waals surface area contributed by atoms with Crippen LogP contribution in [0.4, 0.5) is 5.82 Å². The van der Waals surface area contributed by atoms with E-state index >= 15 is 0 Å². The summed E-state index contributed by atoms with van der Waals surface area (Å²) < 4.78 is 12.8. The van der Waals surface area contributed by atoms with E-state index < -0.39 is 0 Å². The molecule has 0 unspecified atom stereocenters. The standard InChI is InChI=1S/C19H25N3O3/c1-14-8-9-16(17(12-14)24-2)25-13-19(23)21-18-10-11-20-22(18)15-6-4-3-5-7-15/h8-12,15H,3-7,13H2,1-2H3,(H,21,23). The molecule has 0 atom stereocenters. The number of nitrogens with zero attached hydrogens (tertiary/aromatic N) is 2. The lowest BCUT2D eigenvalue weighted by Gasteiger charge is -2.23. The number of carbonyl (C=O) groups excluding carboxylic acids is 1. The fourth-order valence-electron chi connectivity index (χ4n) is 3.25. The minimum atomic E-state index is -0.208. The molecule has 0 radical (unpaired) electrons. The first-order valence-corrected chi connectivity index (χ1v) is 8.78. The van der Waals surface area contributed by atoms with Gasteiger partial charge in [-0.3, -0.25) is 4.79 Å². The Morgan fingerprint density at radius 3 is 2.80 bits per heavy atom. The topological polar surface area (TPSA) is 65.4 Å². The van der Waals surface area contributed by atoms with Crippen LogP contribution in [-0.4, -0.2) is 29.4 Å². The first-order valence-electron chi connectivity index (χ1n) is 8.78. The maximum absolute atomic E-state index is 12.3. The van der Waals surface area contributed by atoms with E-state index in [2.05, 4.69) is 10.4 Å². The van der Waals surface area contributed by atoms with Crippen molar-refractivity contribution < 1.29 is 14.3 Å². The summed E-state index contributed by atoms with van der Waals surface area (Å²) in [4.78, 5) is 12.3. The minimum absolute atomic E-state index is 0.0741. The molecule has 1 amide bonds. The summed E-state index contributed by atoms with van der Waals surface area (Å²) in [5.74, 6) is 1.71. The molecule has 0 aliphatic heterocycles. The predicted molar refractivity (Wildman–Crippen MR) is 96.2 cm³/mol. The van der Waals surface area contributed by atoms with E-state index in [0.717, 1.165) is 24.2 Å². The van der Waals surface area contributed by atoms with Gasteiger partial charge in [0.25, 0.3) is 5.91 Å². The molecule has 1 saturated carbocycles. The zero-order valence-electron chi connectivity index (χ0n) is 14.8. The number of amides is 1. The Hall–Kier alpha value is -2.50. The van der Waals surface area contributed by atoms with Gasteiger partial charge in [-0.15, -0.1) is 0 Å². The van der Waals surface area contributed by atoms with Crippen molar-refractivity contribution in [3.05, 3.63) is 36.0 Å². The average molecular weight is 343 g/mol. The Morgan fingerprint density at radius 2 is 2.04 bits per heavy atom. The predicted octanol–water partition coefficient (Wildman–Crippen LogP) is 3.72. The molecule has 6 nitrogen and oxygen atoms in total. The second kappa shape index (κ2) is 8.05. The first-order chi connectivity index (χ1) is 12.2. The zero-order chi connectivity index (χ0) is 17.6. The molecule has 25 heavy (non-hydrogen) atoms. The second-order valence-corrected chi connectivity index (χ2v) is 6.44. The van der Waals surface area contributed by atoms with Crippen LogP contribution in [-0.2, 0) is 4.79 Å². The van der Waals surface area contributed by atoms with E-state index in [4.69, 9.17) is 9.47 Å². The summed E-state index contributed by atoms with van der Waals surface area (Å²) in [6.07, 6.45) is 7.67. The number of carbonyl (C=O) groups is 1. The van der Waals surface area contributed by atoms with Gasteiger partial charge in [-0.05, 0) is 37.5 Å². The molecule has 1 fully saturated rings. The fraction of sp³-hybridized carbons (Fsp3) is 0.474. The van der Waals surface area contributed by atoms with Gasteiger partial charge in [-0.1, -0.05) is 25.3 Å². The largest absolute Gasteiger partial charge is 0.493 e. The zero-order valence-corrected chi connectivity index (χ0v) is 14.8. The third-order valence-corrected chi connectivity index (χ3v) is 4.54. The Balaban J connectivity index is 1.59. The van der Waals surface area contributed by atoms with Crippen molar-refractivity contribution in [2.45, 2.75) is 45.1 Å². The number of hydrogen-bond donors (Lipinski definition) is 1. The lowest BCUT2D eigenvalue weighted by Crippen LogP contribution is -2.24. The van der Waals surface area contributed by atoms with Crippen molar-refractivity contribution in [3.63, 3.8) is 0 Å². The Labute approximate surface area is 148 Å². The summed E-state index contributed by atoms with van der Waals surface area (Å²) in [6.45, 7) is 1.90. The van der Waals surface area contributed by atoms with Crippen LogP contribution in [0.3, 0.4) is 0 Å². The number of hydrogen-bond acceptors (Lipinski definition) is 4. The second-order valence-electron chi connectivity index (χ2n) is 6.44. The molecule has 1 aliphatic rings. The third kappa shape index (κ3) is 4.32. The molecule has 0 saturated heterocycles. The minimum Gasteiger partial charge on any atom is -0.493 e. The van der Waals surface area contributed by atoms with Gasteiger partial charge < -0.3 is 14.8 Å². The van der Waals surface area contributed by atoms with Crippen LogP contribution in [0.15, 0.2) is 30.5 Å². The van der Waals surface area contributed by atoms with Gasteiger partial charge in [0.2, 0.25) is 0 Å². The number of ether oxygens (including phenoxy) is 2. The maximum atomic E-state index is 12.3. The molecule has 1 N–H and O–H groups in total. The monoisotopic (exact) mass is 343 g/mol. The number of aryl methyl sites for hydroxylation is 1. The quantitative estimate of drug-likeness (QED) is 0.868. The van der Waals surface area contributed by atoms with Gasteiger partial charge in [0.15, 0.2) is 18.1 Å². The summed E-state index contributed by atoms with van der Waals surface area (Å²) in [7, 11) is 1.59. The first kappa shape index (κ1) is 17.3. The van der Waals surface area contributed by atoms with Crippen molar-refractivity contribution in [1.82, 2.24) is 9.78 Å². The highest BCUT2D eigenvalue weighted by atomic mass is 16.5. The highest BCUT2D eigenvalue weighted by Crippen LogP contribution is 2.30. The Bertz CT molecular complexity index is 720. The molecular formula is C19H25N3O3. The van der Waals surface area contributed by atoms with Crippen LogP contribution >= 0.6 is 0 Å². The van der Waals surface area contributed by atoms with E-state index in [9.17, 15) is 4.79 Å². The molecular weight excluding hydrogens is 318 g/mol. The van der Waals surface area contributed by atoms with Gasteiger partial charge in [0.1, 0.15) is 5.82 Å². The number of anilines is 1. The summed E-state index contributed by atoms with van der Waals surface area (Å²) >= 11 is 0. The number of methoxy groups -OCH3 is 1. The van der Waals surface area contributed by atoms with Crippen LogP contribution < -0.4 is 14.8 Å². The van der Waals surface area contributed by atoms with Crippen molar-refractivity contribution >= 4 is 11.7 Å². The molecule has 1 heterocycles. The molecule has 2 aromatic rings. The van der Waals surface area contributed by atoms with Crippen molar-refractivity contribution in [1.29, 1.82) is 0 Å². The van der Waals surface area contributed by atoms with E-state index in [1.807, 2.05) is 35.9 Å². The SMILES string of the molecule is COc1cc(C)ccc1OCC(=O)Nc1ccnn1C1CCCCC1. The Kier molecular flexibility index (Phi) is 5.58. The maximum Gasteiger partial charge on any atom is 0.263 e. The molecule has 1 aliphatic carbocycles. The fourth-order valence-corrected chi connectivity index (χ4v) is 3.25. The molecule has 6 heteroatoms. The number of benzene rings is 1. The molecule has 0 bridgehead atoms. The molecule has 1 aromatic heterocycles. The van der Waals surface area contributed by atoms with Crippen LogP contribution in [0.1, 0.15) is 43.7 Å². The highest BCUT2D eigenvalue weighted by Gasteiger charge is 2.19. The van der Waals surface area contributed by atoms with E-state index in [1.54, 1.807) is 13.3 Å². The molecule has 0 spiro atoms. The van der Waals surface area contributed by atoms with Gasteiger partial charge in [0, 0.05) is 6.07 Å². The van der Waals surface area contributed by atoms with Gasteiger partial charge >= 0.3 is 0 Å².